The molecule has 3 nitrogen and oxygen atoms in total. The highest BCUT2D eigenvalue weighted by atomic mass is 79.9. The van der Waals surface area contributed by atoms with Crippen LogP contribution in [0.4, 0.5) is 0 Å². The van der Waals surface area contributed by atoms with Gasteiger partial charge in [0.15, 0.2) is 0 Å². The van der Waals surface area contributed by atoms with Crippen molar-refractivity contribution in [2.45, 2.75) is 0 Å². The Kier molecular flexibility index (Phi) is 3.99. The highest BCUT2D eigenvalue weighted by molar-refractivity contribution is 9.10. The molecule has 0 N–H and O–H groups in total. The molecule has 0 aliphatic rings. The summed E-state index contributed by atoms with van der Waals surface area (Å²) in [6.45, 7) is 0. The van der Waals surface area contributed by atoms with Crippen molar-refractivity contribution in [1.29, 1.82) is 0 Å². The van der Waals surface area contributed by atoms with E-state index >= 15 is 0 Å². The number of hydrogen-bond acceptors (Lipinski definition) is 3. The third-order valence-electron chi connectivity index (χ3n) is 2.35. The average Bonchev–Trinajstić information content (AvgIpc) is 2.41. The summed E-state index contributed by atoms with van der Waals surface area (Å²) >= 11 is 3.32. The molecule has 0 amide bonds. The fraction of sp³-hybridized carbons (Fsp3) is 0.0714. The van der Waals surface area contributed by atoms with Crippen LogP contribution in [0.3, 0.4) is 0 Å². The summed E-state index contributed by atoms with van der Waals surface area (Å²) in [7, 11) is 1.52. The number of carbonyl (C=O) groups is 1. The minimum absolute atomic E-state index is 0.405. The van der Waals surface area contributed by atoms with Crippen LogP contribution in [0.1, 0.15) is 10.4 Å². The van der Waals surface area contributed by atoms with Gasteiger partial charge in [-0.25, -0.2) is 4.79 Å². The van der Waals surface area contributed by atoms with E-state index in [9.17, 15) is 4.79 Å². The van der Waals surface area contributed by atoms with E-state index in [1.54, 1.807) is 36.4 Å². The SMILES string of the molecule is COc1ccccc1C(=O)Oc1ccc(Br)cc1. The maximum absolute atomic E-state index is 12.0. The topological polar surface area (TPSA) is 35.5 Å². The molecule has 0 saturated carbocycles. The second-order valence-corrected chi connectivity index (χ2v) is 4.46. The molecule has 0 aromatic heterocycles. The van der Waals surface area contributed by atoms with Gasteiger partial charge in [-0.3, -0.25) is 0 Å². The van der Waals surface area contributed by atoms with Crippen LogP contribution in [0, 0.1) is 0 Å². The standard InChI is InChI=1S/C14H11BrO3/c1-17-13-5-3-2-4-12(13)14(16)18-11-8-6-10(15)7-9-11/h2-9H,1H3. The summed E-state index contributed by atoms with van der Waals surface area (Å²) in [5, 5.41) is 0. The van der Waals surface area contributed by atoms with Crippen molar-refractivity contribution in [2.75, 3.05) is 7.11 Å². The molecule has 0 saturated heterocycles. The van der Waals surface area contributed by atoms with Crippen LogP contribution < -0.4 is 9.47 Å². The normalized spacial score (nSPS) is 9.89. The molecule has 18 heavy (non-hydrogen) atoms. The van der Waals surface area contributed by atoms with Gasteiger partial charge >= 0.3 is 5.97 Å². The first-order valence-electron chi connectivity index (χ1n) is 5.31. The summed E-state index contributed by atoms with van der Waals surface area (Å²) in [5.74, 6) is 0.559. The number of carbonyl (C=O) groups excluding carboxylic acids is 1. The first kappa shape index (κ1) is 12.6. The lowest BCUT2D eigenvalue weighted by molar-refractivity contribution is 0.0731. The molecule has 4 heteroatoms. The van der Waals surface area contributed by atoms with Crippen molar-refractivity contribution >= 4 is 21.9 Å². The van der Waals surface area contributed by atoms with Crippen molar-refractivity contribution in [3.8, 4) is 11.5 Å². The van der Waals surface area contributed by atoms with Crippen LogP contribution in [0.2, 0.25) is 0 Å². The Morgan fingerprint density at radius 3 is 2.39 bits per heavy atom. The molecule has 0 aliphatic carbocycles. The van der Waals surface area contributed by atoms with Crippen LogP contribution in [0.5, 0.6) is 11.5 Å². The maximum Gasteiger partial charge on any atom is 0.347 e. The Bertz CT molecular complexity index is 549. The quantitative estimate of drug-likeness (QED) is 0.641. The number of halogens is 1. The van der Waals surface area contributed by atoms with Gasteiger partial charge in [-0.05, 0) is 36.4 Å². The number of benzene rings is 2. The summed E-state index contributed by atoms with van der Waals surface area (Å²) in [6.07, 6.45) is 0. The fourth-order valence-corrected chi connectivity index (χ4v) is 1.74. The van der Waals surface area contributed by atoms with E-state index in [1.165, 1.54) is 7.11 Å². The lowest BCUT2D eigenvalue weighted by Gasteiger charge is -2.08. The van der Waals surface area contributed by atoms with Gasteiger partial charge in [-0.15, -0.1) is 0 Å². The van der Waals surface area contributed by atoms with Gasteiger partial charge in [0.2, 0.25) is 0 Å². The predicted molar refractivity (Wildman–Crippen MR) is 72.1 cm³/mol. The van der Waals surface area contributed by atoms with Crippen molar-refractivity contribution < 1.29 is 14.3 Å². The van der Waals surface area contributed by atoms with Crippen molar-refractivity contribution in [2.24, 2.45) is 0 Å². The average molecular weight is 307 g/mol. The Labute approximate surface area is 113 Å². The molecule has 0 atom stereocenters. The summed E-state index contributed by atoms with van der Waals surface area (Å²) in [5.41, 5.74) is 0.405. The Morgan fingerprint density at radius 2 is 1.72 bits per heavy atom. The van der Waals surface area contributed by atoms with Gasteiger partial charge in [0.05, 0.1) is 7.11 Å². The van der Waals surface area contributed by atoms with Gasteiger partial charge in [-0.2, -0.15) is 0 Å². The minimum atomic E-state index is -0.435. The molecule has 0 bridgehead atoms. The number of para-hydroxylation sites is 1. The zero-order valence-electron chi connectivity index (χ0n) is 9.72. The van der Waals surface area contributed by atoms with E-state index in [4.69, 9.17) is 9.47 Å². The predicted octanol–water partition coefficient (Wildman–Crippen LogP) is 3.68. The third kappa shape index (κ3) is 2.90. The molecule has 0 spiro atoms. The van der Waals surface area contributed by atoms with Crippen LogP contribution in [-0.2, 0) is 0 Å². The number of methoxy groups -OCH3 is 1. The zero-order chi connectivity index (χ0) is 13.0. The van der Waals surface area contributed by atoms with E-state index in [1.807, 2.05) is 12.1 Å². The minimum Gasteiger partial charge on any atom is -0.496 e. The molecule has 2 rings (SSSR count). The van der Waals surface area contributed by atoms with Crippen molar-refractivity contribution in [1.82, 2.24) is 0 Å². The van der Waals surface area contributed by atoms with Gasteiger partial charge in [0.1, 0.15) is 17.1 Å². The highest BCUT2D eigenvalue weighted by Gasteiger charge is 2.13. The Hall–Kier alpha value is -1.81. The summed E-state index contributed by atoms with van der Waals surface area (Å²) in [4.78, 5) is 12.0. The highest BCUT2D eigenvalue weighted by Crippen LogP contribution is 2.21. The van der Waals surface area contributed by atoms with Crippen molar-refractivity contribution in [3.63, 3.8) is 0 Å². The van der Waals surface area contributed by atoms with Crippen LogP contribution in [0.25, 0.3) is 0 Å². The monoisotopic (exact) mass is 306 g/mol. The molecular weight excluding hydrogens is 296 g/mol. The molecule has 0 radical (unpaired) electrons. The molecule has 0 aliphatic heterocycles. The molecule has 92 valence electrons. The van der Waals surface area contributed by atoms with Gasteiger partial charge < -0.3 is 9.47 Å². The van der Waals surface area contributed by atoms with Crippen LogP contribution in [-0.4, -0.2) is 13.1 Å². The number of rotatable bonds is 3. The second kappa shape index (κ2) is 5.69. The lowest BCUT2D eigenvalue weighted by Crippen LogP contribution is -2.09. The van der Waals surface area contributed by atoms with Crippen molar-refractivity contribution in [3.05, 3.63) is 58.6 Å². The zero-order valence-corrected chi connectivity index (χ0v) is 11.3. The van der Waals surface area contributed by atoms with E-state index in [-0.39, 0.29) is 0 Å². The van der Waals surface area contributed by atoms with Crippen LogP contribution >= 0.6 is 15.9 Å². The number of ether oxygens (including phenoxy) is 2. The Balaban J connectivity index is 2.19. The maximum atomic E-state index is 12.0. The Morgan fingerprint density at radius 1 is 1.06 bits per heavy atom. The first-order valence-corrected chi connectivity index (χ1v) is 6.11. The molecule has 2 aromatic carbocycles. The van der Waals surface area contributed by atoms with E-state index in [0.717, 1.165) is 4.47 Å². The largest absolute Gasteiger partial charge is 0.496 e. The van der Waals surface area contributed by atoms with Gasteiger partial charge in [0, 0.05) is 4.47 Å². The third-order valence-corrected chi connectivity index (χ3v) is 2.88. The molecule has 0 fully saturated rings. The summed E-state index contributed by atoms with van der Waals surface area (Å²) < 4.78 is 11.3. The fourth-order valence-electron chi connectivity index (χ4n) is 1.48. The van der Waals surface area contributed by atoms with Crippen LogP contribution in [0.15, 0.2) is 53.0 Å². The number of esters is 1. The smallest absolute Gasteiger partial charge is 0.347 e. The van der Waals surface area contributed by atoms with E-state index in [2.05, 4.69) is 15.9 Å². The van der Waals surface area contributed by atoms with E-state index < -0.39 is 5.97 Å². The van der Waals surface area contributed by atoms with E-state index in [0.29, 0.717) is 17.1 Å². The number of hydrogen-bond donors (Lipinski definition) is 0. The first-order chi connectivity index (χ1) is 8.70. The molecule has 0 unspecified atom stereocenters. The van der Waals surface area contributed by atoms with Gasteiger partial charge in [-0.1, -0.05) is 28.1 Å². The second-order valence-electron chi connectivity index (χ2n) is 3.54. The summed E-state index contributed by atoms with van der Waals surface area (Å²) in [6, 6.07) is 14.0. The van der Waals surface area contributed by atoms with Gasteiger partial charge in [0.25, 0.3) is 0 Å². The molecule has 0 heterocycles. The molecular formula is C14H11BrO3. The lowest BCUT2D eigenvalue weighted by atomic mass is 10.2. The molecule has 2 aromatic rings.